The number of amidine groups is 2. The highest BCUT2D eigenvalue weighted by atomic mass is 15.3. The number of aliphatic imine (C=N–C) groups is 2. The van der Waals surface area contributed by atoms with Crippen LogP contribution < -0.4 is 10.6 Å². The zero-order valence-corrected chi connectivity index (χ0v) is 24.6. The van der Waals surface area contributed by atoms with Crippen molar-refractivity contribution in [1.82, 2.24) is 15.5 Å². The molecule has 4 unspecified atom stereocenters. The average Bonchev–Trinajstić information content (AvgIpc) is 3.52. The van der Waals surface area contributed by atoms with Crippen LogP contribution in [0.2, 0.25) is 0 Å². The van der Waals surface area contributed by atoms with E-state index in [1.165, 1.54) is 33.6 Å². The van der Waals surface area contributed by atoms with Crippen LogP contribution in [0, 0.1) is 5.92 Å². The lowest BCUT2D eigenvalue weighted by Gasteiger charge is -2.34. The van der Waals surface area contributed by atoms with E-state index < -0.39 is 0 Å². The molecule has 216 valence electrons. The van der Waals surface area contributed by atoms with Gasteiger partial charge in [0, 0.05) is 40.4 Å². The smallest absolute Gasteiger partial charge is 0.159 e. The molecule has 0 bridgehead atoms. The highest BCUT2D eigenvalue weighted by Gasteiger charge is 2.41. The van der Waals surface area contributed by atoms with Gasteiger partial charge in [-0.3, -0.25) is 0 Å². The maximum absolute atomic E-state index is 5.10. The van der Waals surface area contributed by atoms with Gasteiger partial charge in [0.1, 0.15) is 18.2 Å². The zero-order valence-electron chi connectivity index (χ0n) is 24.6. The molecule has 45 heavy (non-hydrogen) atoms. The quantitative estimate of drug-likeness (QED) is 0.260. The SMILES string of the molecule is C1=CC2C3=C(c4ccc(-c5cccc(C6N=C(c7ccccc7)N=C(c7ccccc7)N6)c5)cc4C2C=C1)N1C=CC=CC1N3. The zero-order chi connectivity index (χ0) is 29.7. The first-order valence-corrected chi connectivity index (χ1v) is 15.6. The number of fused-ring (bicyclic) bond motifs is 7. The lowest BCUT2D eigenvalue weighted by atomic mass is 9.73. The van der Waals surface area contributed by atoms with E-state index in [9.17, 15) is 0 Å². The Kier molecular flexibility index (Phi) is 6.01. The van der Waals surface area contributed by atoms with Gasteiger partial charge < -0.3 is 15.5 Å². The van der Waals surface area contributed by atoms with Crippen LogP contribution in [0.25, 0.3) is 16.8 Å². The normalized spacial score (nSPS) is 23.7. The fourth-order valence-electron chi connectivity index (χ4n) is 7.11. The minimum atomic E-state index is -0.269. The van der Waals surface area contributed by atoms with Crippen molar-refractivity contribution in [2.24, 2.45) is 15.9 Å². The van der Waals surface area contributed by atoms with Crippen molar-refractivity contribution in [3.63, 3.8) is 0 Å². The molecule has 3 heterocycles. The van der Waals surface area contributed by atoms with Crippen LogP contribution in [0.1, 0.15) is 39.9 Å². The number of benzene rings is 4. The molecule has 2 aliphatic carbocycles. The van der Waals surface area contributed by atoms with Crippen LogP contribution in [-0.2, 0) is 0 Å². The van der Waals surface area contributed by atoms with Crippen molar-refractivity contribution in [2.75, 3.05) is 0 Å². The molecule has 5 heteroatoms. The van der Waals surface area contributed by atoms with Gasteiger partial charge in [-0.05, 0) is 46.5 Å². The first kappa shape index (κ1) is 25.8. The minimum absolute atomic E-state index is 0.163. The Balaban J connectivity index is 1.10. The van der Waals surface area contributed by atoms with Crippen molar-refractivity contribution in [1.29, 1.82) is 0 Å². The summed E-state index contributed by atoms with van der Waals surface area (Å²) in [5.74, 6) is 2.14. The van der Waals surface area contributed by atoms with Crippen LogP contribution in [0.3, 0.4) is 0 Å². The molecule has 0 saturated carbocycles. The van der Waals surface area contributed by atoms with E-state index in [2.05, 4.69) is 131 Å². The van der Waals surface area contributed by atoms with Crippen LogP contribution in [-0.4, -0.2) is 22.7 Å². The molecule has 2 N–H and O–H groups in total. The van der Waals surface area contributed by atoms with Crippen molar-refractivity contribution in [3.8, 4) is 11.1 Å². The standard InChI is InChI=1S/C40H31N5/c1-3-12-26(13-4-1)38-42-39(27-14-5-2-6-15-27)44-40(43-38)30-17-11-16-28(24-30)29-21-22-33-34(25-29)31-18-7-8-19-32(31)36-37(33)45-23-10-9-20-35(45)41-36/h1-25,31-32,35,40-41H,(H,42,43,44). The Morgan fingerprint density at radius 3 is 2.18 bits per heavy atom. The maximum atomic E-state index is 5.10. The van der Waals surface area contributed by atoms with Gasteiger partial charge in [-0.1, -0.05) is 121 Å². The summed E-state index contributed by atoms with van der Waals surface area (Å²) in [7, 11) is 0. The van der Waals surface area contributed by atoms with Crippen LogP contribution >= 0.6 is 0 Å². The molecule has 4 atom stereocenters. The lowest BCUT2D eigenvalue weighted by molar-refractivity contribution is 0.434. The predicted octanol–water partition coefficient (Wildman–Crippen LogP) is 7.67. The second-order valence-electron chi connectivity index (χ2n) is 11.9. The predicted molar refractivity (Wildman–Crippen MR) is 182 cm³/mol. The first-order valence-electron chi connectivity index (χ1n) is 15.6. The molecule has 0 amide bonds. The molecule has 3 aliphatic heterocycles. The molecule has 0 saturated heterocycles. The monoisotopic (exact) mass is 581 g/mol. The van der Waals surface area contributed by atoms with E-state index in [1.807, 2.05) is 36.4 Å². The summed E-state index contributed by atoms with van der Waals surface area (Å²) in [5, 5.41) is 7.43. The van der Waals surface area contributed by atoms with Gasteiger partial charge in [0.2, 0.25) is 0 Å². The van der Waals surface area contributed by atoms with Crippen molar-refractivity contribution in [3.05, 3.63) is 185 Å². The van der Waals surface area contributed by atoms with Gasteiger partial charge >= 0.3 is 0 Å². The molecule has 0 fully saturated rings. The van der Waals surface area contributed by atoms with E-state index >= 15 is 0 Å². The van der Waals surface area contributed by atoms with Gasteiger partial charge in [-0.15, -0.1) is 0 Å². The van der Waals surface area contributed by atoms with Crippen molar-refractivity contribution in [2.45, 2.75) is 18.2 Å². The molecular weight excluding hydrogens is 550 g/mol. The highest BCUT2D eigenvalue weighted by molar-refractivity contribution is 6.13. The van der Waals surface area contributed by atoms with Crippen molar-refractivity contribution < 1.29 is 0 Å². The Morgan fingerprint density at radius 1 is 0.600 bits per heavy atom. The maximum Gasteiger partial charge on any atom is 0.159 e. The summed E-state index contributed by atoms with van der Waals surface area (Å²) >= 11 is 0. The van der Waals surface area contributed by atoms with Gasteiger partial charge in [-0.2, -0.15) is 0 Å². The number of rotatable bonds is 4. The van der Waals surface area contributed by atoms with E-state index in [0.717, 1.165) is 28.4 Å². The molecular formula is C40H31N5. The fourth-order valence-corrected chi connectivity index (χ4v) is 7.11. The Labute approximate surface area is 263 Å². The Bertz CT molecular complexity index is 2030. The van der Waals surface area contributed by atoms with E-state index in [4.69, 9.17) is 9.98 Å². The van der Waals surface area contributed by atoms with Crippen LogP contribution in [0.4, 0.5) is 0 Å². The summed E-state index contributed by atoms with van der Waals surface area (Å²) < 4.78 is 0. The number of nitrogens with zero attached hydrogens (tertiary/aromatic N) is 3. The minimum Gasteiger partial charge on any atom is -0.363 e. The summed E-state index contributed by atoms with van der Waals surface area (Å²) in [4.78, 5) is 12.4. The van der Waals surface area contributed by atoms with Crippen molar-refractivity contribution >= 4 is 17.4 Å². The number of allylic oxidation sites excluding steroid dienone is 6. The third kappa shape index (κ3) is 4.39. The summed E-state index contributed by atoms with van der Waals surface area (Å²) in [6.45, 7) is 0. The molecule has 0 spiro atoms. The van der Waals surface area contributed by atoms with E-state index in [-0.39, 0.29) is 18.2 Å². The topological polar surface area (TPSA) is 52.0 Å². The van der Waals surface area contributed by atoms with E-state index in [0.29, 0.717) is 5.92 Å². The van der Waals surface area contributed by atoms with Gasteiger partial charge in [-0.25, -0.2) is 9.98 Å². The van der Waals surface area contributed by atoms with Crippen LogP contribution in [0.15, 0.2) is 168 Å². The first-order chi connectivity index (χ1) is 22.3. The number of nitrogens with one attached hydrogen (secondary N) is 2. The fraction of sp³-hybridized carbons (Fsp3) is 0.100. The van der Waals surface area contributed by atoms with Gasteiger partial charge in [0.05, 0.1) is 5.70 Å². The molecule has 0 aromatic heterocycles. The average molecular weight is 582 g/mol. The molecule has 4 aromatic rings. The molecule has 5 aliphatic rings. The van der Waals surface area contributed by atoms with Gasteiger partial charge in [0.25, 0.3) is 0 Å². The second-order valence-corrected chi connectivity index (χ2v) is 11.9. The summed E-state index contributed by atoms with van der Waals surface area (Å²) in [6.07, 6.45) is 17.6. The number of hydrogen-bond donors (Lipinski definition) is 2. The van der Waals surface area contributed by atoms with Crippen LogP contribution in [0.5, 0.6) is 0 Å². The lowest BCUT2D eigenvalue weighted by Crippen LogP contribution is -2.33. The Hall–Kier alpha value is -5.68. The molecule has 4 aromatic carbocycles. The van der Waals surface area contributed by atoms with E-state index in [1.54, 1.807) is 0 Å². The third-order valence-electron chi connectivity index (χ3n) is 9.26. The molecule has 9 rings (SSSR count). The Morgan fingerprint density at radius 2 is 1.33 bits per heavy atom. The summed E-state index contributed by atoms with van der Waals surface area (Å²) in [6, 6.07) is 36.3. The highest BCUT2D eigenvalue weighted by Crippen LogP contribution is 2.49. The molecule has 5 nitrogen and oxygen atoms in total. The largest absolute Gasteiger partial charge is 0.363 e. The number of hydrogen-bond acceptors (Lipinski definition) is 5. The van der Waals surface area contributed by atoms with Gasteiger partial charge in [0.15, 0.2) is 5.84 Å². The second kappa shape index (κ2) is 10.5. The third-order valence-corrected chi connectivity index (χ3v) is 9.26. The molecule has 0 radical (unpaired) electrons. The summed E-state index contributed by atoms with van der Waals surface area (Å²) in [5.41, 5.74) is 10.8.